The van der Waals surface area contributed by atoms with Gasteiger partial charge in [0, 0.05) is 8.04 Å². The Morgan fingerprint density at radius 2 is 2.00 bits per heavy atom. The predicted octanol–water partition coefficient (Wildman–Crippen LogP) is 3.84. The van der Waals surface area contributed by atoms with E-state index in [9.17, 15) is 0 Å². The molecule has 0 spiro atoms. The number of rotatable bonds is 2. The van der Waals surface area contributed by atoms with Crippen molar-refractivity contribution in [1.82, 2.24) is 0 Å². The molecule has 1 aromatic carbocycles. The summed E-state index contributed by atoms with van der Waals surface area (Å²) >= 11 is 5.69. The van der Waals surface area contributed by atoms with E-state index in [0.717, 1.165) is 10.2 Å². The second kappa shape index (κ2) is 4.46. The minimum atomic E-state index is 0.232. The molecular formula is C9H10BrIO. The smallest absolute Gasteiger partial charge is 0.121 e. The number of benzene rings is 1. The van der Waals surface area contributed by atoms with Crippen molar-refractivity contribution in [3.8, 4) is 5.75 Å². The van der Waals surface area contributed by atoms with Crippen LogP contribution in [0.1, 0.15) is 13.8 Å². The van der Waals surface area contributed by atoms with E-state index in [1.807, 2.05) is 32.0 Å². The lowest BCUT2D eigenvalue weighted by Crippen LogP contribution is -2.05. The van der Waals surface area contributed by atoms with Crippen LogP contribution in [-0.2, 0) is 0 Å². The van der Waals surface area contributed by atoms with E-state index in [1.165, 1.54) is 3.57 Å². The molecule has 0 radical (unpaired) electrons. The first-order valence-electron chi connectivity index (χ1n) is 3.70. The zero-order chi connectivity index (χ0) is 9.14. The third-order valence-corrected chi connectivity index (χ3v) is 2.29. The summed E-state index contributed by atoms with van der Waals surface area (Å²) in [6.07, 6.45) is 0.232. The first kappa shape index (κ1) is 10.3. The maximum absolute atomic E-state index is 5.54. The van der Waals surface area contributed by atoms with Gasteiger partial charge in [0.1, 0.15) is 5.75 Å². The summed E-state index contributed by atoms with van der Waals surface area (Å²) in [5.74, 6) is 0.920. The van der Waals surface area contributed by atoms with Gasteiger partial charge in [0.2, 0.25) is 0 Å². The van der Waals surface area contributed by atoms with Gasteiger partial charge in [-0.25, -0.2) is 0 Å². The molecule has 12 heavy (non-hydrogen) atoms. The highest BCUT2D eigenvalue weighted by Gasteiger charge is 1.99. The SMILES string of the molecule is CC(C)Oc1cc(Br)cc(I)c1. The fourth-order valence-electron chi connectivity index (χ4n) is 0.869. The van der Waals surface area contributed by atoms with Crippen LogP contribution in [0.5, 0.6) is 5.75 Å². The summed E-state index contributed by atoms with van der Waals surface area (Å²) in [5, 5.41) is 0. The van der Waals surface area contributed by atoms with Crippen LogP contribution in [0.15, 0.2) is 22.7 Å². The normalized spacial score (nSPS) is 10.4. The molecule has 0 heterocycles. The Bertz CT molecular complexity index is 253. The van der Waals surface area contributed by atoms with Crippen molar-refractivity contribution < 1.29 is 4.74 Å². The maximum Gasteiger partial charge on any atom is 0.121 e. The monoisotopic (exact) mass is 340 g/mol. The molecule has 0 amide bonds. The lowest BCUT2D eigenvalue weighted by atomic mass is 10.3. The molecule has 3 heteroatoms. The molecular weight excluding hydrogens is 331 g/mol. The summed E-state index contributed by atoms with van der Waals surface area (Å²) < 4.78 is 7.78. The van der Waals surface area contributed by atoms with Crippen LogP contribution < -0.4 is 4.74 Å². The third-order valence-electron chi connectivity index (χ3n) is 1.21. The summed E-state index contributed by atoms with van der Waals surface area (Å²) in [7, 11) is 0. The van der Waals surface area contributed by atoms with Crippen molar-refractivity contribution in [3.05, 3.63) is 26.2 Å². The Morgan fingerprint density at radius 1 is 1.33 bits per heavy atom. The van der Waals surface area contributed by atoms with Crippen molar-refractivity contribution in [3.63, 3.8) is 0 Å². The van der Waals surface area contributed by atoms with Gasteiger partial charge in [0.05, 0.1) is 6.10 Å². The standard InChI is InChI=1S/C9H10BrIO/c1-6(2)12-9-4-7(10)3-8(11)5-9/h3-6H,1-2H3. The highest BCUT2D eigenvalue weighted by Crippen LogP contribution is 2.23. The van der Waals surface area contributed by atoms with Crippen LogP contribution in [0.4, 0.5) is 0 Å². The molecule has 1 aromatic rings. The predicted molar refractivity (Wildman–Crippen MR) is 62.6 cm³/mol. The van der Waals surface area contributed by atoms with Crippen molar-refractivity contribution in [1.29, 1.82) is 0 Å². The number of halogens is 2. The van der Waals surface area contributed by atoms with Crippen molar-refractivity contribution in [2.75, 3.05) is 0 Å². The maximum atomic E-state index is 5.54. The van der Waals surface area contributed by atoms with Gasteiger partial charge in [0.25, 0.3) is 0 Å². The lowest BCUT2D eigenvalue weighted by Gasteiger charge is -2.09. The van der Waals surface area contributed by atoms with E-state index < -0.39 is 0 Å². The molecule has 0 saturated carbocycles. The second-order valence-corrected chi connectivity index (χ2v) is 4.93. The average molecular weight is 341 g/mol. The van der Waals surface area contributed by atoms with Crippen molar-refractivity contribution in [2.24, 2.45) is 0 Å². The Labute approximate surface area is 94.8 Å². The van der Waals surface area contributed by atoms with Crippen LogP contribution >= 0.6 is 38.5 Å². The summed E-state index contributed by atoms with van der Waals surface area (Å²) in [6, 6.07) is 6.04. The Kier molecular flexibility index (Phi) is 3.83. The summed E-state index contributed by atoms with van der Waals surface area (Å²) in [6.45, 7) is 4.04. The van der Waals surface area contributed by atoms with Crippen LogP contribution in [0.3, 0.4) is 0 Å². The van der Waals surface area contributed by atoms with Gasteiger partial charge >= 0.3 is 0 Å². The van der Waals surface area contributed by atoms with Crippen LogP contribution in [0.2, 0.25) is 0 Å². The van der Waals surface area contributed by atoms with Gasteiger partial charge in [-0.2, -0.15) is 0 Å². The summed E-state index contributed by atoms with van der Waals surface area (Å²) in [4.78, 5) is 0. The topological polar surface area (TPSA) is 9.23 Å². The zero-order valence-corrected chi connectivity index (χ0v) is 10.7. The van der Waals surface area contributed by atoms with E-state index in [2.05, 4.69) is 38.5 Å². The van der Waals surface area contributed by atoms with Crippen LogP contribution in [0.25, 0.3) is 0 Å². The molecule has 0 atom stereocenters. The van der Waals surface area contributed by atoms with E-state index in [0.29, 0.717) is 0 Å². The quantitative estimate of drug-likeness (QED) is 0.743. The molecule has 0 aliphatic heterocycles. The zero-order valence-electron chi connectivity index (χ0n) is 6.97. The second-order valence-electron chi connectivity index (χ2n) is 2.77. The molecule has 1 rings (SSSR count). The molecule has 1 nitrogen and oxygen atoms in total. The molecule has 66 valence electrons. The largest absolute Gasteiger partial charge is 0.491 e. The van der Waals surface area contributed by atoms with Gasteiger partial charge in [-0.1, -0.05) is 15.9 Å². The first-order valence-corrected chi connectivity index (χ1v) is 5.58. The molecule has 0 N–H and O–H groups in total. The Hall–Kier alpha value is 0.230. The summed E-state index contributed by atoms with van der Waals surface area (Å²) in [5.41, 5.74) is 0. The lowest BCUT2D eigenvalue weighted by molar-refractivity contribution is 0.242. The van der Waals surface area contributed by atoms with Gasteiger partial charge in [-0.3, -0.25) is 0 Å². The van der Waals surface area contributed by atoms with Crippen LogP contribution in [-0.4, -0.2) is 6.10 Å². The number of hydrogen-bond donors (Lipinski definition) is 0. The minimum absolute atomic E-state index is 0.232. The number of hydrogen-bond acceptors (Lipinski definition) is 1. The van der Waals surface area contributed by atoms with Crippen LogP contribution in [0, 0.1) is 3.57 Å². The molecule has 0 unspecified atom stereocenters. The molecule has 0 aromatic heterocycles. The fraction of sp³-hybridized carbons (Fsp3) is 0.333. The molecule has 0 aliphatic rings. The van der Waals surface area contributed by atoms with E-state index in [-0.39, 0.29) is 6.10 Å². The highest BCUT2D eigenvalue weighted by atomic mass is 127. The van der Waals surface area contributed by atoms with E-state index in [4.69, 9.17) is 4.74 Å². The van der Waals surface area contributed by atoms with Gasteiger partial charge < -0.3 is 4.74 Å². The van der Waals surface area contributed by atoms with Gasteiger partial charge in [-0.15, -0.1) is 0 Å². The molecule has 0 saturated heterocycles. The van der Waals surface area contributed by atoms with Gasteiger partial charge in [-0.05, 0) is 54.6 Å². The average Bonchev–Trinajstić information content (AvgIpc) is 1.81. The molecule has 0 fully saturated rings. The van der Waals surface area contributed by atoms with Gasteiger partial charge in [0.15, 0.2) is 0 Å². The fourth-order valence-corrected chi connectivity index (χ4v) is 2.41. The molecule has 0 aliphatic carbocycles. The minimum Gasteiger partial charge on any atom is -0.491 e. The van der Waals surface area contributed by atoms with Crippen molar-refractivity contribution in [2.45, 2.75) is 20.0 Å². The van der Waals surface area contributed by atoms with Crippen molar-refractivity contribution >= 4 is 38.5 Å². The highest BCUT2D eigenvalue weighted by molar-refractivity contribution is 14.1. The first-order chi connectivity index (χ1) is 5.58. The van der Waals surface area contributed by atoms with E-state index in [1.54, 1.807) is 0 Å². The number of ether oxygens (including phenoxy) is 1. The van der Waals surface area contributed by atoms with E-state index >= 15 is 0 Å². The Morgan fingerprint density at radius 3 is 2.50 bits per heavy atom. The Balaban J connectivity index is 2.85. The molecule has 0 bridgehead atoms. The third kappa shape index (κ3) is 3.31.